The van der Waals surface area contributed by atoms with Gasteiger partial charge in [-0.15, -0.1) is 5.10 Å². The van der Waals surface area contributed by atoms with Crippen LogP contribution in [0.2, 0.25) is 0 Å². The highest BCUT2D eigenvalue weighted by atomic mass is 19.4. The van der Waals surface area contributed by atoms with Crippen LogP contribution in [0.4, 0.5) is 13.2 Å². The first-order valence-corrected chi connectivity index (χ1v) is 7.83. The predicted octanol–water partition coefficient (Wildman–Crippen LogP) is 1.33. The van der Waals surface area contributed by atoms with Gasteiger partial charge in [-0.3, -0.25) is 4.79 Å². The number of rotatable bonds is 6. The highest BCUT2D eigenvalue weighted by Crippen LogP contribution is 2.27. The van der Waals surface area contributed by atoms with E-state index in [0.717, 1.165) is 0 Å². The third kappa shape index (κ3) is 4.27. The Hall–Kier alpha value is -3.31. The Labute approximate surface area is 150 Å². The highest BCUT2D eigenvalue weighted by Gasteiger charge is 2.38. The van der Waals surface area contributed by atoms with E-state index >= 15 is 0 Å². The molecule has 0 spiro atoms. The van der Waals surface area contributed by atoms with Crippen molar-refractivity contribution in [2.24, 2.45) is 0 Å². The van der Waals surface area contributed by atoms with E-state index in [9.17, 15) is 18.0 Å². The van der Waals surface area contributed by atoms with E-state index in [1.54, 1.807) is 37.3 Å². The summed E-state index contributed by atoms with van der Waals surface area (Å²) in [5.41, 5.74) is 0.657. The molecule has 1 aromatic carbocycles. The molecule has 3 rings (SSSR count). The molecule has 0 saturated carbocycles. The molecule has 0 radical (unpaired) electrons. The second-order valence-electron chi connectivity index (χ2n) is 5.54. The summed E-state index contributed by atoms with van der Waals surface area (Å²) in [6.07, 6.45) is -4.73. The lowest BCUT2D eigenvalue weighted by Crippen LogP contribution is -2.35. The van der Waals surface area contributed by atoms with Gasteiger partial charge in [-0.25, -0.2) is 4.68 Å². The molecule has 2 aromatic heterocycles. The number of hydrogen-bond donors (Lipinski definition) is 1. The lowest BCUT2D eigenvalue weighted by Gasteiger charge is -2.17. The van der Waals surface area contributed by atoms with Crippen LogP contribution in [0.15, 0.2) is 34.9 Å². The van der Waals surface area contributed by atoms with Crippen LogP contribution in [0.5, 0.6) is 0 Å². The number of amides is 1. The van der Waals surface area contributed by atoms with E-state index < -0.39 is 24.0 Å². The van der Waals surface area contributed by atoms with E-state index in [1.807, 2.05) is 0 Å². The van der Waals surface area contributed by atoms with Crippen molar-refractivity contribution in [2.75, 3.05) is 6.54 Å². The second kappa shape index (κ2) is 7.51. The molecule has 2 heterocycles. The fraction of sp³-hybridized carbons (Fsp3) is 0.333. The van der Waals surface area contributed by atoms with Gasteiger partial charge in [-0.1, -0.05) is 35.5 Å². The van der Waals surface area contributed by atoms with Gasteiger partial charge in [-0.05, 0) is 22.9 Å². The van der Waals surface area contributed by atoms with Crippen LogP contribution in [0.1, 0.15) is 29.1 Å². The Bertz CT molecular complexity index is 908. The zero-order valence-electron chi connectivity index (χ0n) is 14.0. The smallest absolute Gasteiger partial charge is 0.353 e. The van der Waals surface area contributed by atoms with Gasteiger partial charge in [0.15, 0.2) is 11.9 Å². The number of hydrogen-bond acceptors (Lipinski definition) is 7. The molecule has 1 N–H and O–H groups in total. The van der Waals surface area contributed by atoms with Crippen molar-refractivity contribution in [3.05, 3.63) is 53.4 Å². The van der Waals surface area contributed by atoms with Crippen LogP contribution >= 0.6 is 0 Å². The maximum absolute atomic E-state index is 12.7. The number of nitrogens with zero attached hydrogens (tertiary/aromatic N) is 6. The SMILES string of the molecule is Cc1nnnn1[C@@H](C(=O)NCCc1noc(C(F)(F)F)n1)c1ccccc1. The van der Waals surface area contributed by atoms with Crippen molar-refractivity contribution in [1.29, 1.82) is 0 Å². The van der Waals surface area contributed by atoms with E-state index in [1.165, 1.54) is 4.68 Å². The third-order valence-corrected chi connectivity index (χ3v) is 3.62. The molecule has 0 fully saturated rings. The Morgan fingerprint density at radius 2 is 2.04 bits per heavy atom. The van der Waals surface area contributed by atoms with Crippen LogP contribution in [0.3, 0.4) is 0 Å². The molecule has 27 heavy (non-hydrogen) atoms. The van der Waals surface area contributed by atoms with Gasteiger partial charge in [0.1, 0.15) is 5.82 Å². The fourth-order valence-corrected chi connectivity index (χ4v) is 2.38. The number of benzene rings is 1. The number of nitrogens with one attached hydrogen (secondary N) is 1. The molecule has 0 saturated heterocycles. The van der Waals surface area contributed by atoms with Crippen LogP contribution in [0.25, 0.3) is 0 Å². The minimum Gasteiger partial charge on any atom is -0.353 e. The minimum absolute atomic E-state index is 0.0141. The Balaban J connectivity index is 1.69. The number of aryl methyl sites for hydroxylation is 1. The van der Waals surface area contributed by atoms with Crippen molar-refractivity contribution in [2.45, 2.75) is 25.6 Å². The summed E-state index contributed by atoms with van der Waals surface area (Å²) in [4.78, 5) is 15.9. The summed E-state index contributed by atoms with van der Waals surface area (Å²) in [5, 5.41) is 17.1. The van der Waals surface area contributed by atoms with Crippen LogP contribution in [-0.2, 0) is 17.4 Å². The van der Waals surface area contributed by atoms with Gasteiger partial charge in [0.05, 0.1) is 0 Å². The molecular formula is C15H14F3N7O2. The predicted molar refractivity (Wildman–Crippen MR) is 83.1 cm³/mol. The summed E-state index contributed by atoms with van der Waals surface area (Å²) in [6, 6.07) is 8.03. The number of carbonyl (C=O) groups excluding carboxylic acids is 1. The number of halogens is 3. The topological polar surface area (TPSA) is 112 Å². The van der Waals surface area contributed by atoms with Crippen molar-refractivity contribution >= 4 is 5.91 Å². The average molecular weight is 381 g/mol. The lowest BCUT2D eigenvalue weighted by atomic mass is 10.1. The van der Waals surface area contributed by atoms with Crippen LogP contribution in [-0.4, -0.2) is 42.8 Å². The second-order valence-corrected chi connectivity index (χ2v) is 5.54. The Kier molecular flexibility index (Phi) is 5.14. The van der Waals surface area contributed by atoms with Crippen molar-refractivity contribution < 1.29 is 22.5 Å². The first kappa shape index (κ1) is 18.5. The van der Waals surface area contributed by atoms with Gasteiger partial charge >= 0.3 is 12.1 Å². The molecule has 9 nitrogen and oxygen atoms in total. The molecule has 0 unspecified atom stereocenters. The normalized spacial score (nSPS) is 12.7. The molecule has 1 amide bonds. The molecule has 0 bridgehead atoms. The van der Waals surface area contributed by atoms with E-state index in [-0.39, 0.29) is 18.8 Å². The van der Waals surface area contributed by atoms with E-state index in [0.29, 0.717) is 11.4 Å². The Morgan fingerprint density at radius 3 is 2.63 bits per heavy atom. The molecule has 142 valence electrons. The summed E-state index contributed by atoms with van der Waals surface area (Å²) >= 11 is 0. The van der Waals surface area contributed by atoms with Gasteiger partial charge in [0, 0.05) is 13.0 Å². The summed E-state index contributed by atoms with van der Waals surface area (Å²) in [6.45, 7) is 1.67. The first-order chi connectivity index (χ1) is 12.9. The Morgan fingerprint density at radius 1 is 1.30 bits per heavy atom. The van der Waals surface area contributed by atoms with E-state index in [2.05, 4.69) is 35.5 Å². The number of tetrazole rings is 1. The third-order valence-electron chi connectivity index (χ3n) is 3.62. The van der Waals surface area contributed by atoms with Gasteiger partial charge < -0.3 is 9.84 Å². The number of alkyl halides is 3. The largest absolute Gasteiger partial charge is 0.471 e. The molecular weight excluding hydrogens is 367 g/mol. The quantitative estimate of drug-likeness (QED) is 0.686. The van der Waals surface area contributed by atoms with Gasteiger partial charge in [0.2, 0.25) is 5.91 Å². The van der Waals surface area contributed by atoms with Crippen molar-refractivity contribution in [1.82, 2.24) is 35.7 Å². The number of carbonyl (C=O) groups is 1. The van der Waals surface area contributed by atoms with Gasteiger partial charge in [0.25, 0.3) is 0 Å². The van der Waals surface area contributed by atoms with Crippen molar-refractivity contribution in [3.63, 3.8) is 0 Å². The molecule has 0 aliphatic rings. The zero-order chi connectivity index (χ0) is 19.4. The molecule has 0 aliphatic carbocycles. The summed E-state index contributed by atoms with van der Waals surface area (Å²) in [5.74, 6) is -1.56. The monoisotopic (exact) mass is 381 g/mol. The summed E-state index contributed by atoms with van der Waals surface area (Å²) in [7, 11) is 0. The van der Waals surface area contributed by atoms with E-state index in [4.69, 9.17) is 0 Å². The van der Waals surface area contributed by atoms with Crippen LogP contribution < -0.4 is 5.32 Å². The summed E-state index contributed by atoms with van der Waals surface area (Å²) < 4.78 is 42.9. The molecule has 3 aromatic rings. The average Bonchev–Trinajstić information content (AvgIpc) is 3.26. The maximum Gasteiger partial charge on any atom is 0.471 e. The molecule has 12 heteroatoms. The first-order valence-electron chi connectivity index (χ1n) is 7.83. The maximum atomic E-state index is 12.7. The molecule has 0 aliphatic heterocycles. The fourth-order valence-electron chi connectivity index (χ4n) is 2.38. The lowest BCUT2D eigenvalue weighted by molar-refractivity contribution is -0.159. The highest BCUT2D eigenvalue weighted by molar-refractivity contribution is 5.83. The zero-order valence-corrected chi connectivity index (χ0v) is 14.0. The van der Waals surface area contributed by atoms with Gasteiger partial charge in [-0.2, -0.15) is 18.2 Å². The van der Waals surface area contributed by atoms with Crippen molar-refractivity contribution in [3.8, 4) is 0 Å². The number of aromatic nitrogens is 6. The van der Waals surface area contributed by atoms with Crippen LogP contribution in [0, 0.1) is 6.92 Å². The molecule has 1 atom stereocenters. The minimum atomic E-state index is -4.70. The standard InChI is InChI=1S/C15H14F3N7O2/c1-9-21-23-24-25(9)12(10-5-3-2-4-6-10)13(26)19-8-7-11-20-14(27-22-11)15(16,17)18/h2-6,12H,7-8H2,1H3,(H,19,26)/t12-/m1/s1.